The average Bonchev–Trinajstić information content (AvgIpc) is 2.21. The fourth-order valence-electron chi connectivity index (χ4n) is 1.34. The molecule has 0 heterocycles. The maximum absolute atomic E-state index is 11.9. The molecule has 3 nitrogen and oxygen atoms in total. The molecule has 0 aliphatic carbocycles. The molecule has 4 heteroatoms. The van der Waals surface area contributed by atoms with Crippen molar-refractivity contribution in [3.63, 3.8) is 0 Å². The van der Waals surface area contributed by atoms with Gasteiger partial charge in [0.1, 0.15) is 0 Å². The van der Waals surface area contributed by atoms with Crippen molar-refractivity contribution in [2.75, 3.05) is 27.2 Å². The number of nitrogens with one attached hydrogen (secondary N) is 1. The molecule has 0 saturated heterocycles. The van der Waals surface area contributed by atoms with Gasteiger partial charge in [-0.15, -0.1) is 0 Å². The third-order valence-electron chi connectivity index (χ3n) is 2.36. The Morgan fingerprint density at radius 2 is 2.12 bits per heavy atom. The number of hydrogen-bond acceptors (Lipinski definition) is 2. The van der Waals surface area contributed by atoms with E-state index < -0.39 is 0 Å². The van der Waals surface area contributed by atoms with E-state index >= 15 is 0 Å². The molecule has 1 aromatic rings. The summed E-state index contributed by atoms with van der Waals surface area (Å²) >= 11 is 2.24. The molecule has 0 aliphatic heterocycles. The number of amides is 1. The van der Waals surface area contributed by atoms with Gasteiger partial charge in [0, 0.05) is 22.2 Å². The lowest BCUT2D eigenvalue weighted by molar-refractivity contribution is 0.0950. The predicted octanol–water partition coefficient (Wildman–Crippen LogP) is 1.89. The zero-order valence-corrected chi connectivity index (χ0v) is 12.0. The van der Waals surface area contributed by atoms with Crippen LogP contribution >= 0.6 is 22.6 Å². The van der Waals surface area contributed by atoms with Gasteiger partial charge in [0.2, 0.25) is 0 Å². The topological polar surface area (TPSA) is 32.3 Å². The van der Waals surface area contributed by atoms with Crippen LogP contribution in [0.15, 0.2) is 18.2 Å². The first-order valence-electron chi connectivity index (χ1n) is 5.20. The summed E-state index contributed by atoms with van der Waals surface area (Å²) in [5.74, 6) is 0.0119. The van der Waals surface area contributed by atoms with Gasteiger partial charge in [-0.3, -0.25) is 4.79 Å². The van der Waals surface area contributed by atoms with Crippen LogP contribution in [0.3, 0.4) is 0 Å². The lowest BCUT2D eigenvalue weighted by Gasteiger charge is -2.11. The fraction of sp³-hybridized carbons (Fsp3) is 0.417. The lowest BCUT2D eigenvalue weighted by Crippen LogP contribution is -2.31. The fourth-order valence-corrected chi connectivity index (χ4v) is 1.84. The number of likely N-dealkylation sites (N-methyl/N-ethyl adjacent to an activating group) is 1. The largest absolute Gasteiger partial charge is 0.351 e. The van der Waals surface area contributed by atoms with Gasteiger partial charge in [-0.05, 0) is 61.3 Å². The summed E-state index contributed by atoms with van der Waals surface area (Å²) < 4.78 is 1.12. The second kappa shape index (κ2) is 6.20. The summed E-state index contributed by atoms with van der Waals surface area (Å²) in [4.78, 5) is 13.9. The number of rotatable bonds is 4. The van der Waals surface area contributed by atoms with Gasteiger partial charge in [-0.25, -0.2) is 0 Å². The minimum Gasteiger partial charge on any atom is -0.351 e. The lowest BCUT2D eigenvalue weighted by atomic mass is 10.1. The van der Waals surface area contributed by atoms with E-state index in [0.29, 0.717) is 6.54 Å². The van der Waals surface area contributed by atoms with E-state index in [4.69, 9.17) is 0 Å². The minimum absolute atomic E-state index is 0.0119. The maximum Gasteiger partial charge on any atom is 0.251 e. The van der Waals surface area contributed by atoms with Crippen molar-refractivity contribution < 1.29 is 4.79 Å². The Morgan fingerprint density at radius 3 is 2.75 bits per heavy atom. The molecule has 1 N–H and O–H groups in total. The molecule has 0 atom stereocenters. The van der Waals surface area contributed by atoms with Gasteiger partial charge >= 0.3 is 0 Å². The second-order valence-corrected chi connectivity index (χ2v) is 5.13. The van der Waals surface area contributed by atoms with Crippen molar-refractivity contribution in [3.8, 4) is 0 Å². The third-order valence-corrected chi connectivity index (χ3v) is 3.53. The minimum atomic E-state index is 0.0119. The molecule has 0 fully saturated rings. The molecular formula is C12H17IN2O. The van der Waals surface area contributed by atoms with Crippen molar-refractivity contribution >= 4 is 28.5 Å². The van der Waals surface area contributed by atoms with Crippen molar-refractivity contribution in [1.29, 1.82) is 0 Å². The molecule has 16 heavy (non-hydrogen) atoms. The Bertz CT molecular complexity index is 377. The first-order valence-corrected chi connectivity index (χ1v) is 6.28. The van der Waals surface area contributed by atoms with Gasteiger partial charge in [-0.1, -0.05) is 6.07 Å². The Labute approximate surface area is 110 Å². The van der Waals surface area contributed by atoms with Gasteiger partial charge in [-0.2, -0.15) is 0 Å². The van der Waals surface area contributed by atoms with Crippen LogP contribution in [-0.4, -0.2) is 38.0 Å². The highest BCUT2D eigenvalue weighted by Gasteiger charge is 2.09. The Kier molecular flexibility index (Phi) is 5.21. The van der Waals surface area contributed by atoms with E-state index in [1.165, 1.54) is 0 Å². The number of halogens is 1. The number of carbonyl (C=O) groups excluding carboxylic acids is 1. The van der Waals surface area contributed by atoms with Crippen LogP contribution in [-0.2, 0) is 0 Å². The van der Waals surface area contributed by atoms with Crippen LogP contribution in [0.1, 0.15) is 15.9 Å². The van der Waals surface area contributed by atoms with E-state index in [1.807, 2.05) is 44.1 Å². The van der Waals surface area contributed by atoms with E-state index in [-0.39, 0.29) is 5.91 Å². The van der Waals surface area contributed by atoms with Crippen LogP contribution in [0, 0.1) is 10.5 Å². The molecule has 0 unspecified atom stereocenters. The van der Waals surface area contributed by atoms with Gasteiger partial charge < -0.3 is 10.2 Å². The molecule has 0 aromatic heterocycles. The molecule has 0 bridgehead atoms. The standard InChI is InChI=1S/C12H17IN2O/c1-9-10(5-4-6-11(9)13)12(16)14-7-8-15(2)3/h4-6H,7-8H2,1-3H3,(H,14,16). The molecule has 88 valence electrons. The monoisotopic (exact) mass is 332 g/mol. The predicted molar refractivity (Wildman–Crippen MR) is 74.8 cm³/mol. The molecule has 0 saturated carbocycles. The smallest absolute Gasteiger partial charge is 0.251 e. The van der Waals surface area contributed by atoms with Crippen LogP contribution in [0.25, 0.3) is 0 Å². The van der Waals surface area contributed by atoms with E-state index in [9.17, 15) is 4.79 Å². The summed E-state index contributed by atoms with van der Waals surface area (Å²) in [7, 11) is 3.98. The van der Waals surface area contributed by atoms with Crippen LogP contribution in [0.5, 0.6) is 0 Å². The van der Waals surface area contributed by atoms with Crippen molar-refractivity contribution in [2.45, 2.75) is 6.92 Å². The Hall–Kier alpha value is -0.620. The third kappa shape index (κ3) is 3.75. The number of carbonyl (C=O) groups is 1. The zero-order valence-electron chi connectivity index (χ0n) is 9.88. The summed E-state index contributed by atoms with van der Waals surface area (Å²) in [6.45, 7) is 3.51. The van der Waals surface area contributed by atoms with E-state index in [0.717, 1.165) is 21.2 Å². The molecule has 1 aromatic carbocycles. The quantitative estimate of drug-likeness (QED) is 0.854. The molecule has 0 spiro atoms. The van der Waals surface area contributed by atoms with Gasteiger partial charge in [0.15, 0.2) is 0 Å². The number of benzene rings is 1. The first-order chi connectivity index (χ1) is 7.52. The normalized spacial score (nSPS) is 10.6. The average molecular weight is 332 g/mol. The number of nitrogens with zero attached hydrogens (tertiary/aromatic N) is 1. The Balaban J connectivity index is 2.63. The zero-order chi connectivity index (χ0) is 12.1. The van der Waals surface area contributed by atoms with Crippen LogP contribution < -0.4 is 5.32 Å². The highest BCUT2D eigenvalue weighted by atomic mass is 127. The van der Waals surface area contributed by atoms with Crippen molar-refractivity contribution in [1.82, 2.24) is 10.2 Å². The van der Waals surface area contributed by atoms with Crippen LogP contribution in [0.4, 0.5) is 0 Å². The van der Waals surface area contributed by atoms with Gasteiger partial charge in [0.25, 0.3) is 5.91 Å². The number of hydrogen-bond donors (Lipinski definition) is 1. The second-order valence-electron chi connectivity index (χ2n) is 3.97. The summed E-state index contributed by atoms with van der Waals surface area (Å²) in [6, 6.07) is 5.78. The van der Waals surface area contributed by atoms with Gasteiger partial charge in [0.05, 0.1) is 0 Å². The summed E-state index contributed by atoms with van der Waals surface area (Å²) in [6.07, 6.45) is 0. The maximum atomic E-state index is 11.9. The highest BCUT2D eigenvalue weighted by molar-refractivity contribution is 14.1. The highest BCUT2D eigenvalue weighted by Crippen LogP contribution is 2.15. The SMILES string of the molecule is Cc1c(I)cccc1C(=O)NCCN(C)C. The molecule has 0 aliphatic rings. The van der Waals surface area contributed by atoms with Crippen LogP contribution in [0.2, 0.25) is 0 Å². The molecule has 1 rings (SSSR count). The van der Waals surface area contributed by atoms with E-state index in [2.05, 4.69) is 27.9 Å². The molecule has 1 amide bonds. The summed E-state index contributed by atoms with van der Waals surface area (Å²) in [5, 5.41) is 2.91. The Morgan fingerprint density at radius 1 is 1.44 bits per heavy atom. The first kappa shape index (κ1) is 13.4. The van der Waals surface area contributed by atoms with E-state index in [1.54, 1.807) is 0 Å². The van der Waals surface area contributed by atoms with Crippen molar-refractivity contribution in [2.24, 2.45) is 0 Å². The molecular weight excluding hydrogens is 315 g/mol. The molecule has 0 radical (unpaired) electrons. The summed E-state index contributed by atoms with van der Waals surface area (Å²) in [5.41, 5.74) is 1.82. The van der Waals surface area contributed by atoms with Crippen molar-refractivity contribution in [3.05, 3.63) is 32.9 Å².